The molecule has 0 bridgehead atoms. The number of aryl methyl sites for hydroxylation is 1. The number of fused-ring (bicyclic) bond motifs is 1. The van der Waals surface area contributed by atoms with Gasteiger partial charge in [0.2, 0.25) is 6.79 Å². The average Bonchev–Trinajstić information content (AvgIpc) is 3.38. The summed E-state index contributed by atoms with van der Waals surface area (Å²) in [5, 5.41) is 4.94. The largest absolute Gasteiger partial charge is 0.454 e. The maximum absolute atomic E-state index is 12.9. The summed E-state index contributed by atoms with van der Waals surface area (Å²) in [5.41, 5.74) is 0.734. The summed E-state index contributed by atoms with van der Waals surface area (Å²) in [6.45, 7) is 1.60. The molecule has 0 unspecified atom stereocenters. The van der Waals surface area contributed by atoms with E-state index >= 15 is 0 Å². The second-order valence-corrected chi connectivity index (χ2v) is 11.2. The van der Waals surface area contributed by atoms with Crippen molar-refractivity contribution in [1.82, 2.24) is 5.16 Å². The van der Waals surface area contributed by atoms with Crippen LogP contribution >= 0.6 is 22.9 Å². The highest BCUT2D eigenvalue weighted by atomic mass is 35.5. The molecular formula is C16H13ClN2O7S3. The number of ether oxygens (including phenoxy) is 2. The van der Waals surface area contributed by atoms with Crippen LogP contribution in [0.4, 0.5) is 5.88 Å². The first kappa shape index (κ1) is 20.0. The van der Waals surface area contributed by atoms with Crippen LogP contribution in [0, 0.1) is 6.92 Å². The number of hydrogen-bond donors (Lipinski definition) is 1. The van der Waals surface area contributed by atoms with Crippen molar-refractivity contribution in [3.8, 4) is 11.5 Å². The first-order valence-corrected chi connectivity index (χ1v) is 12.4. The molecule has 4 rings (SSSR count). The van der Waals surface area contributed by atoms with Crippen LogP contribution in [0.25, 0.3) is 0 Å². The zero-order valence-electron chi connectivity index (χ0n) is 14.7. The Hall–Kier alpha value is -2.28. The van der Waals surface area contributed by atoms with Gasteiger partial charge in [-0.3, -0.25) is 0 Å². The van der Waals surface area contributed by atoms with Crippen LogP contribution in [0.2, 0.25) is 5.02 Å². The van der Waals surface area contributed by atoms with E-state index in [9.17, 15) is 16.8 Å². The van der Waals surface area contributed by atoms with Crippen molar-refractivity contribution in [2.24, 2.45) is 0 Å². The van der Waals surface area contributed by atoms with Crippen molar-refractivity contribution in [2.45, 2.75) is 21.8 Å². The summed E-state index contributed by atoms with van der Waals surface area (Å²) in [6.07, 6.45) is 0. The van der Waals surface area contributed by atoms with Crippen molar-refractivity contribution >= 4 is 48.7 Å². The highest BCUT2D eigenvalue weighted by Crippen LogP contribution is 2.36. The van der Waals surface area contributed by atoms with Gasteiger partial charge in [-0.05, 0) is 36.1 Å². The van der Waals surface area contributed by atoms with Gasteiger partial charge in [-0.15, -0.1) is 11.3 Å². The predicted octanol–water partition coefficient (Wildman–Crippen LogP) is 3.20. The standard InChI is InChI=1S/C16H13ClN2O7S3/c1-9-14(17)15(26-18-9)19-29(22,23)13-4-5-27-16(13)28(20,21)7-10-2-3-11-12(6-10)25-8-24-11/h2-6,19H,7-8H2,1H3. The van der Waals surface area contributed by atoms with Gasteiger partial charge in [0.25, 0.3) is 15.9 Å². The topological polar surface area (TPSA) is 125 Å². The summed E-state index contributed by atoms with van der Waals surface area (Å²) < 4.78 is 68.5. The lowest BCUT2D eigenvalue weighted by Gasteiger charge is -2.08. The Morgan fingerprint density at radius 2 is 1.93 bits per heavy atom. The van der Waals surface area contributed by atoms with Gasteiger partial charge in [0.05, 0.1) is 5.75 Å². The van der Waals surface area contributed by atoms with E-state index in [1.54, 1.807) is 18.2 Å². The van der Waals surface area contributed by atoms with E-state index in [-0.39, 0.29) is 21.9 Å². The van der Waals surface area contributed by atoms with Crippen LogP contribution < -0.4 is 14.2 Å². The Balaban J connectivity index is 1.64. The number of rotatable bonds is 6. The summed E-state index contributed by atoms with van der Waals surface area (Å²) in [4.78, 5) is -0.395. The molecule has 0 spiro atoms. The van der Waals surface area contributed by atoms with Gasteiger partial charge >= 0.3 is 0 Å². The first-order valence-electron chi connectivity index (χ1n) is 8.01. The number of thiophene rings is 1. The van der Waals surface area contributed by atoms with Gasteiger partial charge in [0.15, 0.2) is 21.3 Å². The van der Waals surface area contributed by atoms with Gasteiger partial charge in [-0.2, -0.15) is 0 Å². The summed E-state index contributed by atoms with van der Waals surface area (Å²) in [7, 11) is -8.25. The number of sulfone groups is 1. The molecule has 0 aliphatic carbocycles. The number of halogens is 1. The minimum absolute atomic E-state index is 0.00595. The molecule has 0 radical (unpaired) electrons. The molecule has 1 aliphatic rings. The molecule has 3 heterocycles. The van der Waals surface area contributed by atoms with Crippen molar-refractivity contribution in [3.05, 3.63) is 45.9 Å². The van der Waals surface area contributed by atoms with Gasteiger partial charge < -0.3 is 14.0 Å². The maximum Gasteiger partial charge on any atom is 0.266 e. The molecule has 0 amide bonds. The highest BCUT2D eigenvalue weighted by Gasteiger charge is 2.30. The van der Waals surface area contributed by atoms with Crippen molar-refractivity contribution in [1.29, 1.82) is 0 Å². The van der Waals surface area contributed by atoms with Gasteiger partial charge in [-0.25, -0.2) is 21.6 Å². The molecule has 13 heteroatoms. The maximum atomic E-state index is 12.9. The van der Waals surface area contributed by atoms with Crippen LogP contribution in [0.1, 0.15) is 11.3 Å². The summed E-state index contributed by atoms with van der Waals surface area (Å²) in [5.74, 6) is 0.270. The van der Waals surface area contributed by atoms with Crippen molar-refractivity contribution < 1.29 is 30.8 Å². The number of nitrogens with zero attached hydrogens (tertiary/aromatic N) is 1. The van der Waals surface area contributed by atoms with Crippen LogP contribution in [-0.4, -0.2) is 28.8 Å². The van der Waals surface area contributed by atoms with Crippen LogP contribution in [-0.2, 0) is 25.6 Å². The molecule has 1 aromatic carbocycles. The van der Waals surface area contributed by atoms with Crippen molar-refractivity contribution in [2.75, 3.05) is 11.5 Å². The molecule has 154 valence electrons. The Morgan fingerprint density at radius 3 is 2.66 bits per heavy atom. The monoisotopic (exact) mass is 476 g/mol. The molecule has 1 aliphatic heterocycles. The second kappa shape index (κ2) is 7.20. The number of anilines is 1. The molecule has 0 saturated heterocycles. The Kier molecular flexibility index (Phi) is 4.97. The fourth-order valence-electron chi connectivity index (χ4n) is 2.62. The summed E-state index contributed by atoms with van der Waals surface area (Å²) in [6, 6.07) is 5.95. The Labute approximate surface area is 175 Å². The highest BCUT2D eigenvalue weighted by molar-refractivity contribution is 7.96. The third kappa shape index (κ3) is 3.80. The smallest absolute Gasteiger partial charge is 0.266 e. The van der Waals surface area contributed by atoms with Crippen LogP contribution in [0.3, 0.4) is 0 Å². The third-order valence-corrected chi connectivity index (χ3v) is 9.31. The Bertz CT molecular complexity index is 1300. The van der Waals surface area contributed by atoms with E-state index in [0.29, 0.717) is 22.8 Å². The van der Waals surface area contributed by atoms with E-state index < -0.39 is 30.5 Å². The van der Waals surface area contributed by atoms with Crippen LogP contribution in [0.15, 0.2) is 43.3 Å². The minimum atomic E-state index is -4.28. The Morgan fingerprint density at radius 1 is 1.17 bits per heavy atom. The van der Waals surface area contributed by atoms with Crippen molar-refractivity contribution in [3.63, 3.8) is 0 Å². The molecule has 3 aromatic rings. The number of hydrogen-bond acceptors (Lipinski definition) is 9. The average molecular weight is 477 g/mol. The molecule has 1 N–H and O–H groups in total. The van der Waals surface area contributed by atoms with E-state index in [2.05, 4.69) is 9.88 Å². The second-order valence-electron chi connectivity index (χ2n) is 6.04. The number of aromatic nitrogens is 1. The summed E-state index contributed by atoms with van der Waals surface area (Å²) >= 11 is 6.74. The van der Waals surface area contributed by atoms with Crippen LogP contribution in [0.5, 0.6) is 11.5 Å². The predicted molar refractivity (Wildman–Crippen MR) is 105 cm³/mol. The third-order valence-electron chi connectivity index (χ3n) is 3.98. The van der Waals surface area contributed by atoms with Gasteiger partial charge in [0.1, 0.15) is 19.8 Å². The molecule has 0 fully saturated rings. The van der Waals surface area contributed by atoms with Gasteiger partial charge in [-0.1, -0.05) is 22.8 Å². The first-order chi connectivity index (χ1) is 13.7. The zero-order chi connectivity index (χ0) is 20.8. The van der Waals surface area contributed by atoms with E-state index in [4.69, 9.17) is 25.6 Å². The lowest BCUT2D eigenvalue weighted by molar-refractivity contribution is 0.174. The quantitative estimate of drug-likeness (QED) is 0.575. The number of benzene rings is 1. The number of nitrogens with one attached hydrogen (secondary N) is 1. The molecule has 0 atom stereocenters. The minimum Gasteiger partial charge on any atom is -0.454 e. The molecule has 29 heavy (non-hydrogen) atoms. The number of sulfonamides is 1. The molecular weight excluding hydrogens is 464 g/mol. The fourth-order valence-corrected chi connectivity index (χ4v) is 7.59. The van der Waals surface area contributed by atoms with Gasteiger partial charge in [0, 0.05) is 0 Å². The molecule has 2 aromatic heterocycles. The van der Waals surface area contributed by atoms with E-state index in [1.807, 2.05) is 0 Å². The van der Waals surface area contributed by atoms with E-state index in [0.717, 1.165) is 11.3 Å². The molecule has 9 nitrogen and oxygen atoms in total. The SMILES string of the molecule is Cc1noc(NS(=O)(=O)c2ccsc2S(=O)(=O)Cc2ccc3c(c2)OCO3)c1Cl. The van der Waals surface area contributed by atoms with E-state index in [1.165, 1.54) is 18.4 Å². The lowest BCUT2D eigenvalue weighted by atomic mass is 10.2. The fraction of sp³-hybridized carbons (Fsp3) is 0.188. The lowest BCUT2D eigenvalue weighted by Crippen LogP contribution is -2.16. The normalized spacial score (nSPS) is 13.6. The zero-order valence-corrected chi connectivity index (χ0v) is 17.9. The molecule has 0 saturated carbocycles.